The number of rotatable bonds is 3. The van der Waals surface area contributed by atoms with Gasteiger partial charge in [0.2, 0.25) is 0 Å². The van der Waals surface area contributed by atoms with E-state index in [0.29, 0.717) is 0 Å². The lowest BCUT2D eigenvalue weighted by Crippen LogP contribution is -2.08. The van der Waals surface area contributed by atoms with Crippen molar-refractivity contribution in [2.75, 3.05) is 5.73 Å². The number of hydrogen-bond donors (Lipinski definition) is 1. The monoisotopic (exact) mass is 253 g/mol. The maximum atomic E-state index is 12.8. The van der Waals surface area contributed by atoms with Gasteiger partial charge in [-0.25, -0.2) is 13.8 Å². The summed E-state index contributed by atoms with van der Waals surface area (Å²) in [5.74, 6) is -0.456. The molecule has 0 atom stereocenters. The Morgan fingerprint density at radius 1 is 1.44 bits per heavy atom. The number of hydrogen-bond acceptors (Lipinski definition) is 5. The minimum Gasteiger partial charge on any atom is -0.397 e. The molecule has 2 aromatic heterocycles. The maximum Gasteiger partial charge on any atom is 0.267 e. The molecule has 94 valence electrons. The van der Waals surface area contributed by atoms with Gasteiger partial charge in [-0.2, -0.15) is 5.10 Å². The van der Waals surface area contributed by atoms with Crippen LogP contribution in [-0.4, -0.2) is 25.8 Å². The zero-order valence-corrected chi connectivity index (χ0v) is 9.34. The highest BCUT2D eigenvalue weighted by Gasteiger charge is 2.18. The summed E-state index contributed by atoms with van der Waals surface area (Å²) in [6, 6.07) is 1.10. The standard InChI is InChI=1S/C10H9F2N5O/c1-5(18)8-4-15-17(16-8)10-7(9(11)12)2-6(13)3-14-10/h2-4,9H,13H2,1H3. The van der Waals surface area contributed by atoms with Gasteiger partial charge in [0.1, 0.15) is 5.69 Å². The van der Waals surface area contributed by atoms with Crippen molar-refractivity contribution in [1.82, 2.24) is 20.0 Å². The van der Waals surface area contributed by atoms with Gasteiger partial charge in [-0.15, -0.1) is 9.90 Å². The molecule has 0 radical (unpaired) electrons. The van der Waals surface area contributed by atoms with Crippen LogP contribution in [0.2, 0.25) is 0 Å². The van der Waals surface area contributed by atoms with E-state index in [1.807, 2.05) is 0 Å². The third-order valence-electron chi connectivity index (χ3n) is 2.19. The highest BCUT2D eigenvalue weighted by molar-refractivity contribution is 5.91. The Balaban J connectivity index is 2.52. The summed E-state index contributed by atoms with van der Waals surface area (Å²) >= 11 is 0. The average Bonchev–Trinajstić information content (AvgIpc) is 2.78. The zero-order valence-electron chi connectivity index (χ0n) is 9.34. The van der Waals surface area contributed by atoms with Crippen molar-refractivity contribution < 1.29 is 13.6 Å². The first-order valence-electron chi connectivity index (χ1n) is 4.96. The highest BCUT2D eigenvalue weighted by atomic mass is 19.3. The van der Waals surface area contributed by atoms with Gasteiger partial charge in [0.25, 0.3) is 6.43 Å². The lowest BCUT2D eigenvalue weighted by molar-refractivity contribution is 0.101. The maximum absolute atomic E-state index is 12.8. The molecule has 6 nitrogen and oxygen atoms in total. The number of nitrogens with two attached hydrogens (primary N) is 1. The molecular weight excluding hydrogens is 244 g/mol. The minimum atomic E-state index is -2.76. The third kappa shape index (κ3) is 2.17. The summed E-state index contributed by atoms with van der Waals surface area (Å²) < 4.78 is 25.7. The topological polar surface area (TPSA) is 86.7 Å². The molecule has 0 amide bonds. The molecule has 0 aliphatic carbocycles. The normalized spacial score (nSPS) is 10.9. The average molecular weight is 253 g/mol. The number of pyridine rings is 1. The van der Waals surface area contributed by atoms with Crippen LogP contribution in [0.1, 0.15) is 29.4 Å². The van der Waals surface area contributed by atoms with E-state index in [1.165, 1.54) is 19.3 Å². The van der Waals surface area contributed by atoms with Gasteiger partial charge < -0.3 is 5.73 Å². The molecule has 0 aliphatic rings. The molecular formula is C10H9F2N5O. The fourth-order valence-corrected chi connectivity index (χ4v) is 1.35. The predicted octanol–water partition coefficient (Wildman–Crippen LogP) is 1.38. The van der Waals surface area contributed by atoms with E-state index in [0.717, 1.165) is 10.9 Å². The van der Waals surface area contributed by atoms with E-state index in [2.05, 4.69) is 15.2 Å². The minimum absolute atomic E-state index is 0.0776. The quantitative estimate of drug-likeness (QED) is 0.835. The Morgan fingerprint density at radius 2 is 2.17 bits per heavy atom. The number of nitrogen functional groups attached to an aromatic ring is 1. The van der Waals surface area contributed by atoms with Crippen LogP contribution in [0.25, 0.3) is 5.82 Å². The van der Waals surface area contributed by atoms with Crippen LogP contribution < -0.4 is 5.73 Å². The van der Waals surface area contributed by atoms with Crippen LogP contribution in [0.4, 0.5) is 14.5 Å². The highest BCUT2D eigenvalue weighted by Crippen LogP contribution is 2.25. The molecule has 18 heavy (non-hydrogen) atoms. The fourth-order valence-electron chi connectivity index (χ4n) is 1.35. The van der Waals surface area contributed by atoms with E-state index in [4.69, 9.17) is 5.73 Å². The molecule has 0 spiro atoms. The number of ketones is 1. The van der Waals surface area contributed by atoms with E-state index in [-0.39, 0.29) is 28.5 Å². The second-order valence-electron chi connectivity index (χ2n) is 3.56. The van der Waals surface area contributed by atoms with Gasteiger partial charge in [-0.3, -0.25) is 4.79 Å². The van der Waals surface area contributed by atoms with Crippen molar-refractivity contribution in [1.29, 1.82) is 0 Å². The van der Waals surface area contributed by atoms with Crippen molar-refractivity contribution in [2.45, 2.75) is 13.3 Å². The first-order valence-corrected chi connectivity index (χ1v) is 4.96. The summed E-state index contributed by atoms with van der Waals surface area (Å²) in [6.07, 6.45) is -0.351. The first-order chi connectivity index (χ1) is 8.49. The van der Waals surface area contributed by atoms with Crippen LogP contribution >= 0.6 is 0 Å². The Hall–Kier alpha value is -2.38. The summed E-state index contributed by atoms with van der Waals surface area (Å²) in [6.45, 7) is 1.30. The Labute approximate surface area is 100 Å². The molecule has 2 aromatic rings. The second-order valence-corrected chi connectivity index (χ2v) is 3.56. The largest absolute Gasteiger partial charge is 0.397 e. The molecule has 2 heterocycles. The van der Waals surface area contributed by atoms with Crippen molar-refractivity contribution in [3.8, 4) is 5.82 Å². The summed E-state index contributed by atoms with van der Waals surface area (Å²) in [5.41, 5.74) is 5.20. The van der Waals surface area contributed by atoms with E-state index >= 15 is 0 Å². The fraction of sp³-hybridized carbons (Fsp3) is 0.200. The number of alkyl halides is 2. The molecule has 0 aliphatic heterocycles. The number of carbonyl (C=O) groups is 1. The zero-order chi connectivity index (χ0) is 13.3. The van der Waals surface area contributed by atoms with Crippen molar-refractivity contribution >= 4 is 11.5 Å². The molecule has 0 saturated carbocycles. The first kappa shape index (κ1) is 12.1. The molecule has 8 heteroatoms. The van der Waals surface area contributed by atoms with Crippen molar-refractivity contribution in [3.63, 3.8) is 0 Å². The molecule has 0 saturated heterocycles. The van der Waals surface area contributed by atoms with Gasteiger partial charge in [-0.1, -0.05) is 0 Å². The Morgan fingerprint density at radius 3 is 2.72 bits per heavy atom. The van der Waals surface area contributed by atoms with Crippen LogP contribution in [-0.2, 0) is 0 Å². The predicted molar refractivity (Wildman–Crippen MR) is 58.5 cm³/mol. The van der Waals surface area contributed by atoms with Crippen LogP contribution in [0.3, 0.4) is 0 Å². The number of carbonyl (C=O) groups excluding carboxylic acids is 1. The van der Waals surface area contributed by atoms with Gasteiger partial charge in [0.05, 0.1) is 23.6 Å². The summed E-state index contributed by atoms with van der Waals surface area (Å²) in [4.78, 5) is 15.7. The van der Waals surface area contributed by atoms with E-state index in [9.17, 15) is 13.6 Å². The summed E-state index contributed by atoms with van der Waals surface area (Å²) in [7, 11) is 0. The number of aromatic nitrogens is 4. The molecule has 0 bridgehead atoms. The number of nitrogens with zero attached hydrogens (tertiary/aromatic N) is 4. The molecule has 0 aromatic carbocycles. The smallest absolute Gasteiger partial charge is 0.267 e. The number of halogens is 2. The third-order valence-corrected chi connectivity index (χ3v) is 2.19. The van der Waals surface area contributed by atoms with E-state index < -0.39 is 6.43 Å². The van der Waals surface area contributed by atoms with Crippen LogP contribution in [0.5, 0.6) is 0 Å². The molecule has 2 N–H and O–H groups in total. The van der Waals surface area contributed by atoms with Gasteiger partial charge in [0.15, 0.2) is 11.6 Å². The Kier molecular flexibility index (Phi) is 3.00. The van der Waals surface area contributed by atoms with Crippen molar-refractivity contribution in [3.05, 3.63) is 29.7 Å². The van der Waals surface area contributed by atoms with Gasteiger partial charge >= 0.3 is 0 Å². The summed E-state index contributed by atoms with van der Waals surface area (Å²) in [5, 5.41) is 7.50. The number of Topliss-reactive ketones (excluding diaryl/α,β-unsaturated/α-hetero) is 1. The van der Waals surface area contributed by atoms with Gasteiger partial charge in [0, 0.05) is 6.92 Å². The molecule has 2 rings (SSSR count). The Bertz CT molecular complexity index is 596. The van der Waals surface area contributed by atoms with Gasteiger partial charge in [-0.05, 0) is 6.07 Å². The number of anilines is 1. The lowest BCUT2D eigenvalue weighted by atomic mass is 10.2. The van der Waals surface area contributed by atoms with Crippen LogP contribution in [0, 0.1) is 0 Å². The second kappa shape index (κ2) is 4.47. The molecule has 0 unspecified atom stereocenters. The SMILES string of the molecule is CC(=O)c1cnn(-c2ncc(N)cc2C(F)F)n1. The van der Waals surface area contributed by atoms with E-state index in [1.54, 1.807) is 0 Å². The van der Waals surface area contributed by atoms with Crippen molar-refractivity contribution in [2.24, 2.45) is 0 Å². The lowest BCUT2D eigenvalue weighted by Gasteiger charge is -2.06. The van der Waals surface area contributed by atoms with Crippen LogP contribution in [0.15, 0.2) is 18.5 Å². The molecule has 0 fully saturated rings.